The lowest BCUT2D eigenvalue weighted by atomic mass is 10.2. The molecule has 4 N–H and O–H groups in total. The summed E-state index contributed by atoms with van der Waals surface area (Å²) in [5.74, 6) is -0.914. The number of nitrogens with zero attached hydrogens (tertiary/aromatic N) is 1. The molecular weight excluding hydrogens is 303 g/mol. The molecule has 2 aromatic rings. The fourth-order valence-corrected chi connectivity index (χ4v) is 1.90. The van der Waals surface area contributed by atoms with E-state index in [4.69, 9.17) is 5.73 Å². The van der Waals surface area contributed by atoms with Crippen molar-refractivity contribution in [3.63, 3.8) is 0 Å². The van der Waals surface area contributed by atoms with Gasteiger partial charge in [-0.25, -0.2) is 4.39 Å². The molecule has 0 atom stereocenters. The average molecular weight is 313 g/mol. The lowest BCUT2D eigenvalue weighted by Crippen LogP contribution is -2.15. The first-order valence-corrected chi connectivity index (χ1v) is 5.84. The minimum absolute atomic E-state index is 0.151. The minimum Gasteiger partial charge on any atom is -0.396 e. The number of halogens is 2. The number of aromatic amines is 1. The summed E-state index contributed by atoms with van der Waals surface area (Å²) in [6, 6.07) is 2.82. The van der Waals surface area contributed by atoms with Crippen LogP contribution in [0.4, 0.5) is 15.8 Å². The highest BCUT2D eigenvalue weighted by Crippen LogP contribution is 2.24. The Morgan fingerprint density at radius 3 is 2.89 bits per heavy atom. The Hall–Kier alpha value is -1.89. The molecule has 1 heterocycles. The van der Waals surface area contributed by atoms with Crippen LogP contribution < -0.4 is 11.1 Å². The van der Waals surface area contributed by atoms with Gasteiger partial charge in [-0.15, -0.1) is 0 Å². The summed E-state index contributed by atoms with van der Waals surface area (Å²) in [5.41, 5.74) is 7.06. The normalized spacial score (nSPS) is 10.4. The van der Waals surface area contributed by atoms with Crippen LogP contribution in [0.3, 0.4) is 0 Å². The Morgan fingerprint density at radius 2 is 2.28 bits per heavy atom. The number of amides is 1. The van der Waals surface area contributed by atoms with Gasteiger partial charge in [0.25, 0.3) is 5.91 Å². The van der Waals surface area contributed by atoms with E-state index in [1.54, 1.807) is 13.0 Å². The molecule has 1 aromatic heterocycles. The van der Waals surface area contributed by atoms with Gasteiger partial charge in [-0.2, -0.15) is 5.10 Å². The van der Waals surface area contributed by atoms with Crippen molar-refractivity contribution in [3.05, 3.63) is 39.9 Å². The maximum Gasteiger partial charge on any atom is 0.275 e. The van der Waals surface area contributed by atoms with E-state index in [-0.39, 0.29) is 11.4 Å². The third-order valence-corrected chi connectivity index (χ3v) is 3.02. The molecule has 0 saturated heterocycles. The van der Waals surface area contributed by atoms with Crippen LogP contribution in [-0.4, -0.2) is 16.1 Å². The van der Waals surface area contributed by atoms with Gasteiger partial charge in [0, 0.05) is 5.69 Å². The number of anilines is 2. The molecule has 2 rings (SSSR count). The van der Waals surface area contributed by atoms with Crippen LogP contribution in [0.5, 0.6) is 0 Å². The molecule has 0 spiro atoms. The van der Waals surface area contributed by atoms with Gasteiger partial charge in [-0.3, -0.25) is 9.89 Å². The second-order valence-electron chi connectivity index (χ2n) is 3.74. The fourth-order valence-electron chi connectivity index (χ4n) is 1.44. The topological polar surface area (TPSA) is 83.8 Å². The Morgan fingerprint density at radius 1 is 1.56 bits per heavy atom. The van der Waals surface area contributed by atoms with Crippen LogP contribution in [0.25, 0.3) is 0 Å². The Kier molecular flexibility index (Phi) is 3.33. The Bertz CT molecular complexity index is 611. The number of H-pyrrole nitrogens is 1. The molecule has 94 valence electrons. The van der Waals surface area contributed by atoms with Crippen LogP contribution in [-0.2, 0) is 0 Å². The smallest absolute Gasteiger partial charge is 0.275 e. The van der Waals surface area contributed by atoms with Crippen molar-refractivity contribution in [2.75, 3.05) is 11.1 Å². The number of carbonyl (C=O) groups excluding carboxylic acids is 1. The van der Waals surface area contributed by atoms with E-state index in [2.05, 4.69) is 31.4 Å². The van der Waals surface area contributed by atoms with E-state index in [1.165, 1.54) is 12.3 Å². The van der Waals surface area contributed by atoms with Gasteiger partial charge in [0.2, 0.25) is 0 Å². The molecule has 7 heteroatoms. The van der Waals surface area contributed by atoms with Gasteiger partial charge in [0.15, 0.2) is 0 Å². The maximum absolute atomic E-state index is 13.4. The largest absolute Gasteiger partial charge is 0.396 e. The molecule has 0 radical (unpaired) electrons. The molecule has 0 bridgehead atoms. The van der Waals surface area contributed by atoms with Gasteiger partial charge in [-0.05, 0) is 40.5 Å². The van der Waals surface area contributed by atoms with Crippen molar-refractivity contribution in [1.82, 2.24) is 10.2 Å². The van der Waals surface area contributed by atoms with Crippen molar-refractivity contribution in [1.29, 1.82) is 0 Å². The van der Waals surface area contributed by atoms with Gasteiger partial charge >= 0.3 is 0 Å². The van der Waals surface area contributed by atoms with Crippen molar-refractivity contribution in [2.45, 2.75) is 6.92 Å². The second kappa shape index (κ2) is 4.77. The number of aromatic nitrogens is 2. The summed E-state index contributed by atoms with van der Waals surface area (Å²) in [4.78, 5) is 11.8. The molecule has 0 unspecified atom stereocenters. The highest BCUT2D eigenvalue weighted by atomic mass is 79.9. The van der Waals surface area contributed by atoms with Crippen molar-refractivity contribution >= 4 is 33.2 Å². The van der Waals surface area contributed by atoms with E-state index in [0.717, 1.165) is 5.56 Å². The first-order chi connectivity index (χ1) is 8.49. The van der Waals surface area contributed by atoms with E-state index in [0.29, 0.717) is 10.2 Å². The maximum atomic E-state index is 13.4. The molecule has 0 aliphatic heterocycles. The van der Waals surface area contributed by atoms with Crippen molar-refractivity contribution in [2.24, 2.45) is 0 Å². The highest BCUT2D eigenvalue weighted by Gasteiger charge is 2.14. The van der Waals surface area contributed by atoms with Crippen LogP contribution >= 0.6 is 15.9 Å². The standard InChI is InChI=1S/C11H10BrFN4O/c1-5-2-6(12)7(13)3-9(5)16-11(18)10-8(14)4-15-17-10/h2-4H,14H2,1H3,(H,15,17)(H,16,18). The summed E-state index contributed by atoms with van der Waals surface area (Å²) in [6.45, 7) is 1.76. The summed E-state index contributed by atoms with van der Waals surface area (Å²) in [5, 5.41) is 8.70. The zero-order valence-electron chi connectivity index (χ0n) is 9.42. The average Bonchev–Trinajstić information content (AvgIpc) is 2.72. The van der Waals surface area contributed by atoms with E-state index in [9.17, 15) is 9.18 Å². The quantitative estimate of drug-likeness (QED) is 0.796. The molecule has 18 heavy (non-hydrogen) atoms. The lowest BCUT2D eigenvalue weighted by Gasteiger charge is -2.08. The number of hydrogen-bond acceptors (Lipinski definition) is 3. The summed E-state index contributed by atoms with van der Waals surface area (Å²) in [6.07, 6.45) is 1.34. The van der Waals surface area contributed by atoms with Crippen molar-refractivity contribution < 1.29 is 9.18 Å². The molecular formula is C11H10BrFN4O. The van der Waals surface area contributed by atoms with E-state index >= 15 is 0 Å². The third kappa shape index (κ3) is 2.35. The number of aryl methyl sites for hydroxylation is 1. The molecule has 0 aliphatic rings. The summed E-state index contributed by atoms with van der Waals surface area (Å²) in [7, 11) is 0. The number of benzene rings is 1. The number of nitrogens with two attached hydrogens (primary N) is 1. The first kappa shape index (κ1) is 12.6. The molecule has 0 saturated carbocycles. The second-order valence-corrected chi connectivity index (χ2v) is 4.59. The molecule has 0 aliphatic carbocycles. The number of nitrogen functional groups attached to an aromatic ring is 1. The van der Waals surface area contributed by atoms with Gasteiger partial charge in [-0.1, -0.05) is 0 Å². The van der Waals surface area contributed by atoms with E-state index in [1.807, 2.05) is 0 Å². The fraction of sp³-hybridized carbons (Fsp3) is 0.0909. The molecule has 0 fully saturated rings. The summed E-state index contributed by atoms with van der Waals surface area (Å²) < 4.78 is 13.7. The Balaban J connectivity index is 2.28. The predicted molar refractivity (Wildman–Crippen MR) is 69.8 cm³/mol. The SMILES string of the molecule is Cc1cc(Br)c(F)cc1NC(=O)c1[nH]ncc1N. The highest BCUT2D eigenvalue weighted by molar-refractivity contribution is 9.10. The number of carbonyl (C=O) groups is 1. The zero-order chi connectivity index (χ0) is 13.3. The van der Waals surface area contributed by atoms with Crippen LogP contribution in [0.15, 0.2) is 22.8 Å². The lowest BCUT2D eigenvalue weighted by molar-refractivity contribution is 0.102. The number of rotatable bonds is 2. The first-order valence-electron chi connectivity index (χ1n) is 5.05. The van der Waals surface area contributed by atoms with Crippen LogP contribution in [0, 0.1) is 12.7 Å². The monoisotopic (exact) mass is 312 g/mol. The summed E-state index contributed by atoms with van der Waals surface area (Å²) >= 11 is 3.07. The number of nitrogens with one attached hydrogen (secondary N) is 2. The zero-order valence-corrected chi connectivity index (χ0v) is 11.0. The van der Waals surface area contributed by atoms with Crippen molar-refractivity contribution in [3.8, 4) is 0 Å². The number of hydrogen-bond donors (Lipinski definition) is 3. The molecule has 5 nitrogen and oxygen atoms in total. The molecule has 1 amide bonds. The minimum atomic E-state index is -0.463. The van der Waals surface area contributed by atoms with Gasteiger partial charge in [0.1, 0.15) is 11.5 Å². The van der Waals surface area contributed by atoms with Crippen LogP contribution in [0.1, 0.15) is 16.1 Å². The van der Waals surface area contributed by atoms with Gasteiger partial charge < -0.3 is 11.1 Å². The van der Waals surface area contributed by atoms with Gasteiger partial charge in [0.05, 0.1) is 16.4 Å². The third-order valence-electron chi connectivity index (χ3n) is 2.41. The Labute approximate surface area is 111 Å². The van der Waals surface area contributed by atoms with Crippen LogP contribution in [0.2, 0.25) is 0 Å². The predicted octanol–water partition coefficient (Wildman–Crippen LogP) is 2.45. The van der Waals surface area contributed by atoms with E-state index < -0.39 is 11.7 Å². The molecule has 1 aromatic carbocycles.